The molecule has 18 nitrogen and oxygen atoms in total. The Bertz CT molecular complexity index is 3760. The fourth-order valence-corrected chi connectivity index (χ4v) is 10.1. The fourth-order valence-electron chi connectivity index (χ4n) is 9.68. The average molecular weight is 1160 g/mol. The number of carbonyl (C=O) groups excluding carboxylic acids is 2. The van der Waals surface area contributed by atoms with Gasteiger partial charge in [0.15, 0.2) is 34.6 Å². The summed E-state index contributed by atoms with van der Waals surface area (Å²) in [7, 11) is -0.532. The van der Waals surface area contributed by atoms with E-state index in [2.05, 4.69) is 35.9 Å². The number of fused-ring (bicyclic) bond motifs is 4. The van der Waals surface area contributed by atoms with Crippen LogP contribution in [0.15, 0.2) is 83.6 Å². The molecule has 4 aromatic heterocycles. The van der Waals surface area contributed by atoms with Gasteiger partial charge in [-0.15, -0.1) is 0 Å². The predicted molar refractivity (Wildman–Crippen MR) is 304 cm³/mol. The zero-order valence-corrected chi connectivity index (χ0v) is 48.6. The molecule has 3 aliphatic heterocycles. The number of hydrogen-bond acceptors (Lipinski definition) is 14. The molecule has 4 aromatic carbocycles. The first-order chi connectivity index (χ1) is 37.5. The van der Waals surface area contributed by atoms with E-state index in [1.807, 2.05) is 87.4 Å². The van der Waals surface area contributed by atoms with Crippen LogP contribution in [0.2, 0.25) is 0 Å². The summed E-state index contributed by atoms with van der Waals surface area (Å²) in [5.74, 6) is 1.43. The zero-order valence-electron chi connectivity index (χ0n) is 47.1. The van der Waals surface area contributed by atoms with E-state index in [4.69, 9.17) is 37.6 Å². The van der Waals surface area contributed by atoms with Gasteiger partial charge in [0, 0.05) is 56.3 Å². The lowest BCUT2D eigenvalue weighted by atomic mass is 9.78. The number of nitrogens with zero attached hydrogens (tertiary/aromatic N) is 6. The van der Waals surface area contributed by atoms with Crippen LogP contribution in [0, 0.1) is 25.5 Å². The molecule has 7 heterocycles. The summed E-state index contributed by atoms with van der Waals surface area (Å²) < 4.78 is 62.1. The van der Waals surface area contributed by atoms with Gasteiger partial charge in [0.1, 0.15) is 33.9 Å². The van der Waals surface area contributed by atoms with Crippen molar-refractivity contribution in [3.05, 3.63) is 121 Å². The number of nitrogens with one attached hydrogen (secondary N) is 2. The van der Waals surface area contributed by atoms with Crippen molar-refractivity contribution in [1.82, 2.24) is 39.7 Å². The van der Waals surface area contributed by atoms with E-state index in [0.29, 0.717) is 111 Å². The Morgan fingerprint density at radius 1 is 0.625 bits per heavy atom. The van der Waals surface area contributed by atoms with Crippen LogP contribution in [0.25, 0.3) is 55.1 Å². The Hall–Kier alpha value is -7.04. The van der Waals surface area contributed by atoms with Crippen LogP contribution in [0.3, 0.4) is 0 Å². The molecular weight excluding hydrogens is 1100 g/mol. The van der Waals surface area contributed by atoms with Crippen molar-refractivity contribution in [3.8, 4) is 11.1 Å². The van der Waals surface area contributed by atoms with Gasteiger partial charge < -0.3 is 47.4 Å². The lowest BCUT2D eigenvalue weighted by Gasteiger charge is -2.33. The van der Waals surface area contributed by atoms with Gasteiger partial charge >= 0.3 is 19.3 Å². The number of hydrogen-bond donors (Lipinski definition) is 2. The monoisotopic (exact) mass is 1160 g/mol. The maximum absolute atomic E-state index is 14.5. The highest BCUT2D eigenvalue weighted by atomic mass is 79.9. The number of oxazole rings is 2. The number of aromatic nitrogens is 6. The molecule has 8 aromatic rings. The molecule has 3 saturated heterocycles. The second-order valence-electron chi connectivity index (χ2n) is 23.5. The second-order valence-corrected chi connectivity index (χ2v) is 24.4. The molecule has 2 N–H and O–H groups in total. The number of aryl methyl sites for hydroxylation is 2. The van der Waals surface area contributed by atoms with Gasteiger partial charge in [0.05, 0.1) is 33.0 Å². The Kier molecular flexibility index (Phi) is 15.9. The molecule has 80 heavy (non-hydrogen) atoms. The molecule has 11 rings (SSSR count). The van der Waals surface area contributed by atoms with E-state index in [1.165, 1.54) is 12.1 Å². The van der Waals surface area contributed by atoms with E-state index in [0.717, 1.165) is 18.3 Å². The molecule has 3 aliphatic rings. The predicted octanol–water partition coefficient (Wildman–Crippen LogP) is 11.7. The summed E-state index contributed by atoms with van der Waals surface area (Å²) in [6.45, 7) is 24.7. The minimum absolute atomic E-state index is 0.0386. The van der Waals surface area contributed by atoms with Gasteiger partial charge in [-0.2, -0.15) is 0 Å². The van der Waals surface area contributed by atoms with Gasteiger partial charge in [0.2, 0.25) is 0 Å². The highest BCUT2D eigenvalue weighted by molar-refractivity contribution is 9.10. The first-order valence-electron chi connectivity index (χ1n) is 26.7. The number of carbonyl (C=O) groups is 2. The maximum atomic E-state index is 14.5. The summed E-state index contributed by atoms with van der Waals surface area (Å²) in [4.78, 5) is 77.2. The number of ether oxygens (including phenoxy) is 2. The standard InChI is InChI=1S/C26H27FN4O4.C24H34BN3O5.C8H5BrFNO/c1-14-28-22-19(27)12-17(13-21(22)34-14)16-5-6-20-18(11-16)24(32)30-23(29-20)15-7-9-31(10-8-15)25(33)35-26(2,3)4;1-22(2,3)31-21(30)28-12-10-15(11-13-28)19-26-18-9-8-16(14-17(18)20(29)27-19)25-32-23(4,5)24(6,7)33-25;1-4-11-8-6(10)2-5(9)3-7(8)12-4/h5-6,11-13,15H,7-10H2,1-4H3,(H,29,30,32);8-9,14-15H,10-13H2,1-7H3,(H,26,27,29);2-3H,1H3. The lowest BCUT2D eigenvalue weighted by Crippen LogP contribution is -2.41. The van der Waals surface area contributed by atoms with Gasteiger partial charge in [0.25, 0.3) is 11.1 Å². The molecule has 0 atom stereocenters. The third-order valence-corrected chi connectivity index (χ3v) is 14.9. The number of amides is 2. The molecule has 422 valence electrons. The van der Waals surface area contributed by atoms with E-state index in [1.54, 1.807) is 54.0 Å². The van der Waals surface area contributed by atoms with Crippen LogP contribution in [0.4, 0.5) is 18.4 Å². The summed E-state index contributed by atoms with van der Waals surface area (Å²) in [6.07, 6.45) is 2.19. The fraction of sp³-hybridized carbons (Fsp3) is 0.448. The molecular formula is C58H66BBrF2N8O10. The minimum atomic E-state index is -0.538. The minimum Gasteiger partial charge on any atom is -0.444 e. The molecule has 0 saturated carbocycles. The van der Waals surface area contributed by atoms with Gasteiger partial charge in [-0.25, -0.2) is 38.3 Å². The second kappa shape index (κ2) is 22.1. The number of aromatic amines is 2. The number of piperidine rings is 2. The smallest absolute Gasteiger partial charge is 0.444 e. The lowest BCUT2D eigenvalue weighted by molar-refractivity contribution is 0.00578. The van der Waals surface area contributed by atoms with Gasteiger partial charge in [-0.05, 0) is 160 Å². The van der Waals surface area contributed by atoms with Crippen molar-refractivity contribution in [2.45, 2.75) is 143 Å². The Balaban J connectivity index is 0.000000160. The SMILES string of the molecule is CC(C)(C)OC(=O)N1CCC(c2nc3ccc(B4OC(C)(C)C(C)(C)O4)cc3c(=O)[nH]2)CC1.Cc1nc2c(F)cc(-c3ccc4nc(C5CCN(C(=O)OC(C)(C)C)CC5)[nH]c(=O)c4c3)cc2o1.Cc1nc2c(F)cc(Br)cc2o1. The van der Waals surface area contributed by atoms with E-state index in [9.17, 15) is 28.0 Å². The third kappa shape index (κ3) is 12.9. The Morgan fingerprint density at radius 2 is 1.06 bits per heavy atom. The van der Waals surface area contributed by atoms with Crippen LogP contribution < -0.4 is 16.6 Å². The molecule has 0 spiro atoms. The molecule has 0 unspecified atom stereocenters. The van der Waals surface area contributed by atoms with Crippen LogP contribution in [0.1, 0.15) is 130 Å². The van der Waals surface area contributed by atoms with Crippen LogP contribution in [-0.2, 0) is 18.8 Å². The van der Waals surface area contributed by atoms with Crippen molar-refractivity contribution in [2.75, 3.05) is 26.2 Å². The number of rotatable bonds is 4. The van der Waals surface area contributed by atoms with E-state index < -0.39 is 35.3 Å². The highest BCUT2D eigenvalue weighted by Crippen LogP contribution is 2.37. The summed E-state index contributed by atoms with van der Waals surface area (Å²) in [5, 5.41) is 0.934. The first-order valence-corrected chi connectivity index (χ1v) is 27.5. The molecule has 0 radical (unpaired) electrons. The topological polar surface area (TPSA) is 221 Å². The molecule has 0 bridgehead atoms. The van der Waals surface area contributed by atoms with E-state index in [-0.39, 0.29) is 52.0 Å². The van der Waals surface area contributed by atoms with Crippen molar-refractivity contribution in [1.29, 1.82) is 0 Å². The van der Waals surface area contributed by atoms with Crippen molar-refractivity contribution < 1.29 is 46.0 Å². The van der Waals surface area contributed by atoms with Crippen molar-refractivity contribution in [2.24, 2.45) is 0 Å². The molecule has 2 amide bonds. The summed E-state index contributed by atoms with van der Waals surface area (Å²) in [6, 6.07) is 17.0. The normalized spacial score (nSPS) is 16.9. The largest absolute Gasteiger partial charge is 0.494 e. The number of H-pyrrole nitrogens is 2. The number of benzene rings is 4. The van der Waals surface area contributed by atoms with Crippen LogP contribution >= 0.6 is 15.9 Å². The van der Waals surface area contributed by atoms with Crippen LogP contribution in [-0.4, -0.2) is 108 Å². The number of likely N-dealkylation sites (tertiary alicyclic amines) is 2. The average Bonchev–Trinajstić information content (AvgIpc) is 4.04. The number of halogens is 3. The van der Waals surface area contributed by atoms with Crippen LogP contribution in [0.5, 0.6) is 0 Å². The summed E-state index contributed by atoms with van der Waals surface area (Å²) in [5.41, 5.74) is 2.20. The van der Waals surface area contributed by atoms with E-state index >= 15 is 0 Å². The van der Waals surface area contributed by atoms with Crippen molar-refractivity contribution in [3.63, 3.8) is 0 Å². The highest BCUT2D eigenvalue weighted by Gasteiger charge is 2.51. The molecule has 0 aliphatic carbocycles. The van der Waals surface area contributed by atoms with Crippen molar-refractivity contribution >= 4 is 84.7 Å². The molecule has 3 fully saturated rings. The first kappa shape index (κ1) is 57.6. The molecule has 22 heteroatoms. The zero-order chi connectivity index (χ0) is 57.8. The summed E-state index contributed by atoms with van der Waals surface area (Å²) >= 11 is 3.16. The van der Waals surface area contributed by atoms with Gasteiger partial charge in [-0.3, -0.25) is 9.59 Å². The Morgan fingerprint density at radius 3 is 1.54 bits per heavy atom. The maximum Gasteiger partial charge on any atom is 0.494 e. The quantitative estimate of drug-likeness (QED) is 0.157. The van der Waals surface area contributed by atoms with Gasteiger partial charge in [-0.1, -0.05) is 28.1 Å². The third-order valence-electron chi connectivity index (χ3n) is 14.5. The Labute approximate surface area is 469 Å².